The van der Waals surface area contributed by atoms with Crippen LogP contribution >= 0.6 is 23.1 Å². The molecule has 1 aromatic heterocycles. The molecular formula is C34H39N3O5S2. The maximum Gasteiger partial charge on any atom is 0.224 e. The lowest BCUT2D eigenvalue weighted by Crippen LogP contribution is -2.38. The number of thiazole rings is 1. The molecule has 3 N–H and O–H groups in total. The third-order valence-corrected chi connectivity index (χ3v) is 9.93. The largest absolute Gasteiger partial charge is 0.392 e. The topological polar surface area (TPSA) is 110 Å². The molecule has 8 nitrogen and oxygen atoms in total. The van der Waals surface area contributed by atoms with Crippen LogP contribution in [0.5, 0.6) is 0 Å². The predicted molar refractivity (Wildman–Crippen MR) is 176 cm³/mol. The molecule has 0 radical (unpaired) electrons. The normalized spacial score (nSPS) is 20.0. The Bertz CT molecular complexity index is 1510. The Morgan fingerprint density at radius 2 is 1.80 bits per heavy atom. The summed E-state index contributed by atoms with van der Waals surface area (Å²) in [7, 11) is 0. The van der Waals surface area contributed by atoms with Crippen LogP contribution < -0.4 is 10.6 Å². The quantitative estimate of drug-likeness (QED) is 0.107. The van der Waals surface area contributed by atoms with Crippen LogP contribution in [-0.2, 0) is 25.7 Å². The fourth-order valence-corrected chi connectivity index (χ4v) is 7.47. The highest BCUT2D eigenvalue weighted by molar-refractivity contribution is 8.01. The number of rotatable bonds is 13. The molecule has 4 atom stereocenters. The van der Waals surface area contributed by atoms with E-state index in [1.807, 2.05) is 66.7 Å². The van der Waals surface area contributed by atoms with Crippen LogP contribution in [0.2, 0.25) is 0 Å². The van der Waals surface area contributed by atoms with Gasteiger partial charge in [-0.25, -0.2) is 4.98 Å². The van der Waals surface area contributed by atoms with E-state index in [0.717, 1.165) is 45.8 Å². The fourth-order valence-electron chi connectivity index (χ4n) is 5.21. The van der Waals surface area contributed by atoms with Gasteiger partial charge >= 0.3 is 0 Å². The maximum absolute atomic E-state index is 12.6. The zero-order chi connectivity index (χ0) is 30.9. The molecule has 5 rings (SSSR count). The Labute approximate surface area is 266 Å². The first-order valence-corrected chi connectivity index (χ1v) is 16.8. The first-order valence-electron chi connectivity index (χ1n) is 15.0. The van der Waals surface area contributed by atoms with Crippen molar-refractivity contribution in [1.82, 2.24) is 10.3 Å². The number of nitrogens with one attached hydrogen (secondary N) is 2. The minimum Gasteiger partial charge on any atom is -0.392 e. The number of anilines is 1. The van der Waals surface area contributed by atoms with Crippen molar-refractivity contribution in [2.24, 2.45) is 5.92 Å². The SMILES string of the molecule is CC(=O)NCCCCCC(=O)Nc1cccc(C2OC(CSc3nc4ccccc4s3)C(C)C(c3ccc(CO)cc3)O2)c1. The summed E-state index contributed by atoms with van der Waals surface area (Å²) >= 11 is 3.39. The molecule has 1 fully saturated rings. The summed E-state index contributed by atoms with van der Waals surface area (Å²) in [6.45, 7) is 4.28. The molecule has 1 aliphatic heterocycles. The maximum atomic E-state index is 12.6. The zero-order valence-electron chi connectivity index (χ0n) is 25.0. The van der Waals surface area contributed by atoms with Gasteiger partial charge in [-0.15, -0.1) is 11.3 Å². The van der Waals surface area contributed by atoms with Gasteiger partial charge in [0.2, 0.25) is 11.8 Å². The van der Waals surface area contributed by atoms with E-state index in [1.54, 1.807) is 23.1 Å². The molecule has 0 spiro atoms. The molecule has 0 saturated carbocycles. The van der Waals surface area contributed by atoms with Gasteiger partial charge in [0.15, 0.2) is 10.6 Å². The van der Waals surface area contributed by atoms with Gasteiger partial charge in [0.25, 0.3) is 0 Å². The summed E-state index contributed by atoms with van der Waals surface area (Å²) in [5.41, 5.74) is 4.41. The Balaban J connectivity index is 1.27. The van der Waals surface area contributed by atoms with E-state index in [2.05, 4.69) is 23.6 Å². The van der Waals surface area contributed by atoms with Crippen molar-refractivity contribution in [2.75, 3.05) is 17.6 Å². The van der Waals surface area contributed by atoms with Gasteiger partial charge in [-0.2, -0.15) is 0 Å². The van der Waals surface area contributed by atoms with E-state index < -0.39 is 6.29 Å². The Morgan fingerprint density at radius 1 is 0.977 bits per heavy atom. The van der Waals surface area contributed by atoms with Crippen LogP contribution in [0.4, 0.5) is 5.69 Å². The number of carbonyl (C=O) groups is 2. The molecule has 4 aromatic rings. The van der Waals surface area contributed by atoms with Gasteiger partial charge in [-0.1, -0.05) is 73.6 Å². The smallest absolute Gasteiger partial charge is 0.224 e. The molecule has 0 bridgehead atoms. The number of unbranched alkanes of at least 4 members (excludes halogenated alkanes) is 2. The van der Waals surface area contributed by atoms with Crippen molar-refractivity contribution in [3.8, 4) is 0 Å². The van der Waals surface area contributed by atoms with Crippen molar-refractivity contribution in [3.63, 3.8) is 0 Å². The van der Waals surface area contributed by atoms with Crippen molar-refractivity contribution < 1.29 is 24.2 Å². The highest BCUT2D eigenvalue weighted by atomic mass is 32.2. The molecule has 2 heterocycles. The number of fused-ring (bicyclic) bond motifs is 1. The van der Waals surface area contributed by atoms with Crippen molar-refractivity contribution in [3.05, 3.63) is 89.5 Å². The number of hydrogen-bond acceptors (Lipinski definition) is 8. The molecule has 2 amide bonds. The summed E-state index contributed by atoms with van der Waals surface area (Å²) in [5.74, 6) is 0.686. The second-order valence-corrected chi connectivity index (χ2v) is 13.3. The summed E-state index contributed by atoms with van der Waals surface area (Å²) in [4.78, 5) is 28.4. The highest BCUT2D eigenvalue weighted by Gasteiger charge is 2.38. The van der Waals surface area contributed by atoms with Gasteiger partial charge in [0, 0.05) is 42.8 Å². The minimum absolute atomic E-state index is 0.00981. The molecule has 0 aliphatic carbocycles. The lowest BCUT2D eigenvalue weighted by atomic mass is 9.91. The number of thioether (sulfide) groups is 1. The van der Waals surface area contributed by atoms with Crippen LogP contribution in [0.15, 0.2) is 77.1 Å². The molecule has 1 aliphatic rings. The molecule has 10 heteroatoms. The summed E-state index contributed by atoms with van der Waals surface area (Å²) in [5, 5.41) is 15.3. The minimum atomic E-state index is -0.625. The number of para-hydroxylation sites is 1. The third kappa shape index (κ3) is 8.67. The van der Waals surface area contributed by atoms with E-state index >= 15 is 0 Å². The van der Waals surface area contributed by atoms with Gasteiger partial charge in [-0.3, -0.25) is 9.59 Å². The van der Waals surface area contributed by atoms with Crippen molar-refractivity contribution in [1.29, 1.82) is 0 Å². The van der Waals surface area contributed by atoms with Crippen molar-refractivity contribution >= 4 is 50.8 Å². The Kier molecular flexibility index (Phi) is 11.4. The van der Waals surface area contributed by atoms with Crippen LogP contribution in [-0.4, -0.2) is 40.3 Å². The van der Waals surface area contributed by atoms with E-state index in [0.29, 0.717) is 24.4 Å². The molecule has 3 aromatic carbocycles. The highest BCUT2D eigenvalue weighted by Crippen LogP contribution is 2.43. The zero-order valence-corrected chi connectivity index (χ0v) is 26.7. The number of nitrogens with zero attached hydrogens (tertiary/aromatic N) is 1. The van der Waals surface area contributed by atoms with Crippen molar-refractivity contribution in [2.45, 2.75) is 69.0 Å². The Morgan fingerprint density at radius 3 is 2.57 bits per heavy atom. The number of carbonyl (C=O) groups excluding carboxylic acids is 2. The van der Waals surface area contributed by atoms with Crippen LogP contribution in [0.1, 0.15) is 68.6 Å². The molecule has 232 valence electrons. The number of amides is 2. The second kappa shape index (κ2) is 15.6. The van der Waals surface area contributed by atoms with E-state index in [1.165, 1.54) is 11.6 Å². The van der Waals surface area contributed by atoms with Gasteiger partial charge < -0.3 is 25.2 Å². The first kappa shape index (κ1) is 32.1. The number of benzene rings is 3. The first-order chi connectivity index (χ1) is 21.4. The number of aromatic nitrogens is 1. The average Bonchev–Trinajstić information content (AvgIpc) is 3.45. The molecule has 1 saturated heterocycles. The Hall–Kier alpha value is -3.28. The van der Waals surface area contributed by atoms with E-state index in [9.17, 15) is 14.7 Å². The molecular weight excluding hydrogens is 595 g/mol. The average molecular weight is 634 g/mol. The van der Waals surface area contributed by atoms with E-state index in [4.69, 9.17) is 14.5 Å². The lowest BCUT2D eigenvalue weighted by molar-refractivity contribution is -0.268. The van der Waals surface area contributed by atoms with Crippen LogP contribution in [0.3, 0.4) is 0 Å². The van der Waals surface area contributed by atoms with Crippen LogP contribution in [0, 0.1) is 5.92 Å². The summed E-state index contributed by atoms with van der Waals surface area (Å²) in [6.07, 6.45) is 1.91. The number of ether oxygens (including phenoxy) is 2. The standard InChI is InChI=1S/C34H39N3O5S2/c1-22-29(21-43-34-37-28-11-5-6-12-30(28)44-34)41-33(42-32(22)25-16-14-24(20-38)15-17-25)26-9-8-10-27(19-26)36-31(40)13-4-3-7-18-35-23(2)39/h5-6,8-12,14-17,19,22,29,32-33,38H,3-4,7,13,18,20-21H2,1-2H3,(H,35,39)(H,36,40). The van der Waals surface area contributed by atoms with E-state index in [-0.39, 0.29) is 36.5 Å². The van der Waals surface area contributed by atoms with Gasteiger partial charge in [-0.05, 0) is 48.2 Å². The summed E-state index contributed by atoms with van der Waals surface area (Å²) < 4.78 is 15.4. The second-order valence-electron chi connectivity index (χ2n) is 11.0. The lowest BCUT2D eigenvalue weighted by Gasteiger charge is -2.41. The van der Waals surface area contributed by atoms with Gasteiger partial charge in [0.05, 0.1) is 29.0 Å². The number of aliphatic hydroxyl groups is 1. The monoisotopic (exact) mass is 633 g/mol. The van der Waals surface area contributed by atoms with Crippen LogP contribution in [0.25, 0.3) is 10.2 Å². The predicted octanol–water partition coefficient (Wildman–Crippen LogP) is 7.01. The summed E-state index contributed by atoms with van der Waals surface area (Å²) in [6, 6.07) is 23.7. The molecule has 44 heavy (non-hydrogen) atoms. The fraction of sp³-hybridized carbons (Fsp3) is 0.382. The van der Waals surface area contributed by atoms with Gasteiger partial charge in [0.1, 0.15) is 0 Å². The third-order valence-electron chi connectivity index (χ3n) is 7.67. The number of hydrogen-bond donors (Lipinski definition) is 3. The number of aliphatic hydroxyl groups excluding tert-OH is 1. The molecule has 4 unspecified atom stereocenters.